The summed E-state index contributed by atoms with van der Waals surface area (Å²) in [6.07, 6.45) is 3.76. The van der Waals surface area contributed by atoms with Crippen LogP contribution < -0.4 is 10.6 Å². The van der Waals surface area contributed by atoms with Gasteiger partial charge in [-0.25, -0.2) is 0 Å². The Morgan fingerprint density at radius 1 is 1.17 bits per heavy atom. The molecule has 0 aliphatic heterocycles. The Morgan fingerprint density at radius 3 is 2.42 bits per heavy atom. The molecule has 3 N–H and O–H groups in total. The molecule has 2 rings (SSSR count). The Bertz CT molecular complexity index is 540. The molecule has 1 saturated carbocycles. The highest BCUT2D eigenvalue weighted by Gasteiger charge is 2.25. The number of thioether (sulfide) groups is 1. The third-order valence-electron chi connectivity index (χ3n) is 4.49. The van der Waals surface area contributed by atoms with E-state index in [1.54, 1.807) is 18.8 Å². The number of amides is 2. The highest BCUT2D eigenvalue weighted by molar-refractivity contribution is 7.99. The summed E-state index contributed by atoms with van der Waals surface area (Å²) >= 11 is 1.57. The molecule has 0 spiro atoms. The number of hydrogen-bond donors (Lipinski definition) is 3. The molecule has 6 heteroatoms. The van der Waals surface area contributed by atoms with Gasteiger partial charge in [0.25, 0.3) is 5.91 Å². The molecule has 132 valence electrons. The van der Waals surface area contributed by atoms with Crippen LogP contribution in [0, 0.1) is 11.8 Å². The van der Waals surface area contributed by atoms with Crippen LogP contribution in [0.4, 0.5) is 0 Å². The quantitative estimate of drug-likeness (QED) is 0.658. The third-order valence-corrected chi connectivity index (χ3v) is 5.48. The van der Waals surface area contributed by atoms with Crippen molar-refractivity contribution in [2.75, 3.05) is 26.0 Å². The van der Waals surface area contributed by atoms with Crippen molar-refractivity contribution >= 4 is 23.6 Å². The summed E-state index contributed by atoms with van der Waals surface area (Å²) in [6, 6.07) is 7.45. The zero-order valence-corrected chi connectivity index (χ0v) is 14.9. The number of carbonyl (C=O) groups excluding carboxylic acids is 2. The van der Waals surface area contributed by atoms with E-state index in [4.69, 9.17) is 5.11 Å². The summed E-state index contributed by atoms with van der Waals surface area (Å²) < 4.78 is 0. The minimum absolute atomic E-state index is 0.0536. The maximum absolute atomic E-state index is 12.2. The molecule has 1 fully saturated rings. The second-order valence-corrected chi connectivity index (χ2v) is 7.31. The number of carbonyl (C=O) groups is 2. The van der Waals surface area contributed by atoms with Crippen LogP contribution in [0.15, 0.2) is 29.2 Å². The molecule has 1 aliphatic carbocycles. The van der Waals surface area contributed by atoms with Crippen molar-refractivity contribution < 1.29 is 14.7 Å². The van der Waals surface area contributed by atoms with Gasteiger partial charge in [-0.05, 0) is 55.9 Å². The number of rotatable bonds is 7. The normalized spacial score (nSPS) is 20.4. The molecular formula is C18H26N2O3S. The fraction of sp³-hybridized carbons (Fsp3) is 0.556. The van der Waals surface area contributed by atoms with E-state index < -0.39 is 0 Å². The lowest BCUT2D eigenvalue weighted by molar-refractivity contribution is -0.125. The molecule has 1 aromatic carbocycles. The number of benzene rings is 1. The van der Waals surface area contributed by atoms with E-state index in [1.807, 2.05) is 24.3 Å². The smallest absolute Gasteiger partial charge is 0.251 e. The minimum Gasteiger partial charge on any atom is -0.396 e. The molecule has 0 radical (unpaired) electrons. The van der Waals surface area contributed by atoms with Gasteiger partial charge in [0.2, 0.25) is 5.91 Å². The maximum Gasteiger partial charge on any atom is 0.251 e. The number of aliphatic hydroxyl groups is 1. The Labute approximate surface area is 147 Å². The Balaban J connectivity index is 1.74. The zero-order chi connectivity index (χ0) is 17.4. The van der Waals surface area contributed by atoms with Crippen molar-refractivity contribution in [1.82, 2.24) is 10.6 Å². The van der Waals surface area contributed by atoms with Crippen molar-refractivity contribution in [1.29, 1.82) is 0 Å². The fourth-order valence-electron chi connectivity index (χ4n) is 3.04. The predicted molar refractivity (Wildman–Crippen MR) is 96.1 cm³/mol. The van der Waals surface area contributed by atoms with Crippen LogP contribution in [0.3, 0.4) is 0 Å². The van der Waals surface area contributed by atoms with Crippen LogP contribution in [-0.4, -0.2) is 42.9 Å². The molecule has 0 saturated heterocycles. The molecule has 0 atom stereocenters. The number of aliphatic hydroxyl groups excluding tert-OH is 1. The first-order valence-electron chi connectivity index (χ1n) is 8.47. The third kappa shape index (κ3) is 5.53. The molecule has 1 aromatic rings. The van der Waals surface area contributed by atoms with Gasteiger partial charge in [-0.2, -0.15) is 0 Å². The zero-order valence-electron chi connectivity index (χ0n) is 14.1. The SMILES string of the molecule is CNC(=O)C1CCC(CNC(=O)c2ccc(SCCO)cc2)CC1. The van der Waals surface area contributed by atoms with Gasteiger partial charge in [-0.3, -0.25) is 9.59 Å². The van der Waals surface area contributed by atoms with Gasteiger partial charge < -0.3 is 15.7 Å². The van der Waals surface area contributed by atoms with Crippen LogP contribution in [0.2, 0.25) is 0 Å². The summed E-state index contributed by atoms with van der Waals surface area (Å²) in [5.74, 6) is 1.32. The van der Waals surface area contributed by atoms with Crippen LogP contribution in [0.25, 0.3) is 0 Å². The molecule has 0 unspecified atom stereocenters. The van der Waals surface area contributed by atoms with Gasteiger partial charge in [-0.15, -0.1) is 11.8 Å². The average Bonchev–Trinajstić information content (AvgIpc) is 2.64. The van der Waals surface area contributed by atoms with Crippen LogP contribution >= 0.6 is 11.8 Å². The van der Waals surface area contributed by atoms with Gasteiger partial charge in [0.05, 0.1) is 6.61 Å². The van der Waals surface area contributed by atoms with E-state index in [0.717, 1.165) is 30.6 Å². The van der Waals surface area contributed by atoms with E-state index in [-0.39, 0.29) is 24.3 Å². The van der Waals surface area contributed by atoms with Gasteiger partial charge >= 0.3 is 0 Å². The molecule has 24 heavy (non-hydrogen) atoms. The monoisotopic (exact) mass is 350 g/mol. The van der Waals surface area contributed by atoms with E-state index in [2.05, 4.69) is 10.6 Å². The van der Waals surface area contributed by atoms with Crippen LogP contribution in [0.1, 0.15) is 36.0 Å². The molecular weight excluding hydrogens is 324 g/mol. The van der Waals surface area contributed by atoms with Crippen molar-refractivity contribution in [2.24, 2.45) is 11.8 Å². The number of nitrogens with one attached hydrogen (secondary N) is 2. The minimum atomic E-state index is -0.0536. The second kappa shape index (κ2) is 9.69. The first-order chi connectivity index (χ1) is 11.6. The summed E-state index contributed by atoms with van der Waals surface area (Å²) in [5.41, 5.74) is 0.655. The summed E-state index contributed by atoms with van der Waals surface area (Å²) in [4.78, 5) is 24.9. The first-order valence-corrected chi connectivity index (χ1v) is 9.46. The lowest BCUT2D eigenvalue weighted by Gasteiger charge is -2.27. The van der Waals surface area contributed by atoms with Gasteiger partial charge in [-0.1, -0.05) is 0 Å². The standard InChI is InChI=1S/C18H26N2O3S/c1-19-17(22)14-4-2-13(3-5-14)12-20-18(23)15-6-8-16(9-7-15)24-11-10-21/h6-9,13-14,21H,2-5,10-12H2,1H3,(H,19,22)(H,20,23). The van der Waals surface area contributed by atoms with Crippen molar-refractivity contribution in [3.8, 4) is 0 Å². The highest BCUT2D eigenvalue weighted by Crippen LogP contribution is 2.28. The molecule has 0 bridgehead atoms. The van der Waals surface area contributed by atoms with Crippen molar-refractivity contribution in [2.45, 2.75) is 30.6 Å². The van der Waals surface area contributed by atoms with Gasteiger partial charge in [0.1, 0.15) is 0 Å². The molecule has 0 aromatic heterocycles. The van der Waals surface area contributed by atoms with E-state index in [0.29, 0.717) is 23.8 Å². The lowest BCUT2D eigenvalue weighted by atomic mass is 9.81. The predicted octanol–water partition coefficient (Wildman–Crippen LogP) is 2.05. The van der Waals surface area contributed by atoms with E-state index >= 15 is 0 Å². The van der Waals surface area contributed by atoms with Gasteiger partial charge in [0, 0.05) is 35.7 Å². The summed E-state index contributed by atoms with van der Waals surface area (Å²) in [5, 5.41) is 14.5. The summed E-state index contributed by atoms with van der Waals surface area (Å²) in [7, 11) is 1.68. The van der Waals surface area contributed by atoms with Crippen molar-refractivity contribution in [3.63, 3.8) is 0 Å². The highest BCUT2D eigenvalue weighted by atomic mass is 32.2. The fourth-order valence-corrected chi connectivity index (χ4v) is 3.69. The maximum atomic E-state index is 12.2. The Kier molecular flexibility index (Phi) is 7.59. The molecule has 5 nitrogen and oxygen atoms in total. The van der Waals surface area contributed by atoms with Crippen LogP contribution in [-0.2, 0) is 4.79 Å². The van der Waals surface area contributed by atoms with E-state index in [1.165, 1.54) is 0 Å². The van der Waals surface area contributed by atoms with Gasteiger partial charge in [0.15, 0.2) is 0 Å². The topological polar surface area (TPSA) is 78.4 Å². The molecule has 2 amide bonds. The largest absolute Gasteiger partial charge is 0.396 e. The second-order valence-electron chi connectivity index (χ2n) is 6.14. The summed E-state index contributed by atoms with van der Waals surface area (Å²) in [6.45, 7) is 0.815. The Hall–Kier alpha value is -1.53. The molecule has 0 heterocycles. The van der Waals surface area contributed by atoms with Crippen LogP contribution in [0.5, 0.6) is 0 Å². The lowest BCUT2D eigenvalue weighted by Crippen LogP contribution is -2.34. The average molecular weight is 350 g/mol. The van der Waals surface area contributed by atoms with E-state index in [9.17, 15) is 9.59 Å². The molecule has 1 aliphatic rings. The first kappa shape index (κ1) is 18.8. The Morgan fingerprint density at radius 2 is 1.83 bits per heavy atom. The number of hydrogen-bond acceptors (Lipinski definition) is 4. The van der Waals surface area contributed by atoms with Crippen molar-refractivity contribution in [3.05, 3.63) is 29.8 Å².